The number of ether oxygens (including phenoxy) is 1. The molecule has 0 saturated carbocycles. The molecule has 0 bridgehead atoms. The second-order valence-electron chi connectivity index (χ2n) is 6.07. The zero-order valence-corrected chi connectivity index (χ0v) is 14.9. The van der Waals surface area contributed by atoms with Crippen LogP contribution in [0.1, 0.15) is 28.2 Å². The van der Waals surface area contributed by atoms with Crippen molar-refractivity contribution in [2.45, 2.75) is 12.5 Å². The average Bonchev–Trinajstić information content (AvgIpc) is 2.63. The molecule has 0 aromatic heterocycles. The molecule has 0 aliphatic carbocycles. The van der Waals surface area contributed by atoms with Crippen LogP contribution in [0.3, 0.4) is 0 Å². The normalized spacial score (nSPS) is 13.0. The number of phenolic OH excluding ortho intramolecular Hbond substituents is 2. The van der Waals surface area contributed by atoms with Gasteiger partial charge in [0.05, 0.1) is 16.7 Å². The minimum Gasteiger partial charge on any atom is -0.506 e. The summed E-state index contributed by atoms with van der Waals surface area (Å²) in [6.07, 6.45) is 0. The Morgan fingerprint density at radius 3 is 1.88 bits per heavy atom. The van der Waals surface area contributed by atoms with Gasteiger partial charge in [-0.2, -0.15) is 0 Å². The lowest BCUT2D eigenvalue weighted by Gasteiger charge is -2.30. The first-order valence-electron chi connectivity index (χ1n) is 7.91. The highest BCUT2D eigenvalue weighted by Crippen LogP contribution is 2.52. The standard InChI is InChI=1S/C20H14Cl2O4/c21-14-5-12-18(7-16(14)24)26-19-8-17(25)15(22)6-13(19)20(12)11-4-2-1-3-10(11)9-23/h1-8,20,23-25H,9H2. The van der Waals surface area contributed by atoms with Crippen LogP contribution in [-0.4, -0.2) is 15.3 Å². The van der Waals surface area contributed by atoms with Crippen molar-refractivity contribution in [3.63, 3.8) is 0 Å². The first-order chi connectivity index (χ1) is 12.5. The van der Waals surface area contributed by atoms with Gasteiger partial charge in [-0.1, -0.05) is 47.5 Å². The SMILES string of the molecule is OCc1ccccc1C1c2cc(Cl)c(O)cc2Oc2cc(O)c(Cl)cc21. The summed E-state index contributed by atoms with van der Waals surface area (Å²) in [6.45, 7) is -0.129. The predicted octanol–water partition coefficient (Wildman–Crippen LogP) is 5.18. The van der Waals surface area contributed by atoms with Crippen LogP contribution in [0.5, 0.6) is 23.0 Å². The molecule has 3 N–H and O–H groups in total. The van der Waals surface area contributed by atoms with Crippen LogP contribution in [0.2, 0.25) is 10.0 Å². The average molecular weight is 389 g/mol. The van der Waals surface area contributed by atoms with Crippen molar-refractivity contribution in [3.8, 4) is 23.0 Å². The van der Waals surface area contributed by atoms with E-state index in [4.69, 9.17) is 27.9 Å². The summed E-state index contributed by atoms with van der Waals surface area (Å²) in [5.41, 5.74) is 3.10. The van der Waals surface area contributed by atoms with Crippen molar-refractivity contribution >= 4 is 23.2 Å². The van der Waals surface area contributed by atoms with Gasteiger partial charge in [0.25, 0.3) is 0 Å². The summed E-state index contributed by atoms with van der Waals surface area (Å²) in [6, 6.07) is 13.7. The lowest BCUT2D eigenvalue weighted by atomic mass is 9.80. The van der Waals surface area contributed by atoms with Crippen LogP contribution >= 0.6 is 23.2 Å². The van der Waals surface area contributed by atoms with Crippen LogP contribution in [0.25, 0.3) is 0 Å². The van der Waals surface area contributed by atoms with E-state index in [9.17, 15) is 15.3 Å². The maximum atomic E-state index is 9.96. The number of benzene rings is 3. The third-order valence-corrected chi connectivity index (χ3v) is 5.14. The Bertz CT molecular complexity index is 959. The molecule has 1 aliphatic heterocycles. The third kappa shape index (κ3) is 2.67. The quantitative estimate of drug-likeness (QED) is 0.442. The lowest BCUT2D eigenvalue weighted by Crippen LogP contribution is -2.13. The van der Waals surface area contributed by atoms with E-state index in [1.807, 2.05) is 24.3 Å². The van der Waals surface area contributed by atoms with E-state index in [2.05, 4.69) is 0 Å². The Hall–Kier alpha value is -2.40. The van der Waals surface area contributed by atoms with Crippen LogP contribution in [-0.2, 0) is 6.61 Å². The zero-order chi connectivity index (χ0) is 18.4. The van der Waals surface area contributed by atoms with Crippen molar-refractivity contribution in [2.24, 2.45) is 0 Å². The van der Waals surface area contributed by atoms with Gasteiger partial charge in [0, 0.05) is 29.2 Å². The monoisotopic (exact) mass is 388 g/mol. The van der Waals surface area contributed by atoms with E-state index in [0.717, 1.165) is 22.3 Å². The fourth-order valence-electron chi connectivity index (χ4n) is 3.32. The molecule has 0 fully saturated rings. The summed E-state index contributed by atoms with van der Waals surface area (Å²) in [5, 5.41) is 30.1. The lowest BCUT2D eigenvalue weighted by molar-refractivity contribution is 0.280. The molecule has 1 heterocycles. The topological polar surface area (TPSA) is 69.9 Å². The van der Waals surface area contributed by atoms with Crippen molar-refractivity contribution in [1.29, 1.82) is 0 Å². The fourth-order valence-corrected chi connectivity index (χ4v) is 3.67. The molecule has 4 rings (SSSR count). The molecular formula is C20H14Cl2O4. The number of fused-ring (bicyclic) bond motifs is 2. The van der Waals surface area contributed by atoms with Gasteiger partial charge in [-0.05, 0) is 23.3 Å². The van der Waals surface area contributed by atoms with Gasteiger partial charge in [-0.15, -0.1) is 0 Å². The highest BCUT2D eigenvalue weighted by Gasteiger charge is 2.32. The zero-order valence-electron chi connectivity index (χ0n) is 13.4. The molecular weight excluding hydrogens is 375 g/mol. The Morgan fingerprint density at radius 1 is 0.808 bits per heavy atom. The maximum absolute atomic E-state index is 9.96. The van der Waals surface area contributed by atoms with Crippen LogP contribution in [0.4, 0.5) is 0 Å². The van der Waals surface area contributed by atoms with E-state index in [1.54, 1.807) is 12.1 Å². The Labute approximate surface area is 159 Å². The molecule has 26 heavy (non-hydrogen) atoms. The third-order valence-electron chi connectivity index (χ3n) is 4.54. The second-order valence-corrected chi connectivity index (χ2v) is 6.89. The summed E-state index contributed by atoms with van der Waals surface area (Å²) >= 11 is 12.3. The predicted molar refractivity (Wildman–Crippen MR) is 99.6 cm³/mol. The molecule has 0 atom stereocenters. The van der Waals surface area contributed by atoms with Gasteiger partial charge in [0.2, 0.25) is 0 Å². The molecule has 4 nitrogen and oxygen atoms in total. The first-order valence-corrected chi connectivity index (χ1v) is 8.66. The molecule has 0 radical (unpaired) electrons. The van der Waals surface area contributed by atoms with Gasteiger partial charge >= 0.3 is 0 Å². The fraction of sp³-hybridized carbons (Fsp3) is 0.100. The highest BCUT2D eigenvalue weighted by atomic mass is 35.5. The van der Waals surface area contributed by atoms with E-state index in [0.29, 0.717) is 11.5 Å². The Morgan fingerprint density at radius 2 is 1.35 bits per heavy atom. The minimum absolute atomic E-state index is 0.0961. The summed E-state index contributed by atoms with van der Waals surface area (Å²) in [5.74, 6) is 0.341. The van der Waals surface area contributed by atoms with Gasteiger partial charge in [-0.25, -0.2) is 0 Å². The van der Waals surface area contributed by atoms with Gasteiger partial charge < -0.3 is 20.1 Å². The smallest absolute Gasteiger partial charge is 0.137 e. The summed E-state index contributed by atoms with van der Waals surface area (Å²) in [4.78, 5) is 0. The van der Waals surface area contributed by atoms with Crippen LogP contribution < -0.4 is 4.74 Å². The molecule has 132 valence electrons. The van der Waals surface area contributed by atoms with Crippen molar-refractivity contribution in [1.82, 2.24) is 0 Å². The second kappa shape index (κ2) is 6.40. The molecule has 0 spiro atoms. The molecule has 0 amide bonds. The Kier molecular flexibility index (Phi) is 4.19. The first kappa shape index (κ1) is 17.0. The molecule has 0 unspecified atom stereocenters. The van der Waals surface area contributed by atoms with E-state index in [-0.39, 0.29) is 34.1 Å². The number of rotatable bonds is 2. The summed E-state index contributed by atoms with van der Waals surface area (Å²) < 4.78 is 5.87. The maximum Gasteiger partial charge on any atom is 0.137 e. The van der Waals surface area contributed by atoms with E-state index < -0.39 is 0 Å². The molecule has 3 aromatic carbocycles. The molecule has 1 aliphatic rings. The summed E-state index contributed by atoms with van der Waals surface area (Å²) in [7, 11) is 0. The van der Waals surface area contributed by atoms with Crippen molar-refractivity contribution < 1.29 is 20.1 Å². The largest absolute Gasteiger partial charge is 0.506 e. The number of aromatic hydroxyl groups is 2. The highest BCUT2D eigenvalue weighted by molar-refractivity contribution is 6.32. The van der Waals surface area contributed by atoms with E-state index >= 15 is 0 Å². The number of aliphatic hydroxyl groups is 1. The van der Waals surface area contributed by atoms with Crippen LogP contribution in [0.15, 0.2) is 48.5 Å². The number of aliphatic hydroxyl groups excluding tert-OH is 1. The number of phenols is 2. The minimum atomic E-state index is -0.326. The van der Waals surface area contributed by atoms with Crippen molar-refractivity contribution in [2.75, 3.05) is 0 Å². The number of hydrogen-bond acceptors (Lipinski definition) is 4. The van der Waals surface area contributed by atoms with Gasteiger partial charge in [-0.3, -0.25) is 0 Å². The molecule has 0 saturated heterocycles. The number of hydrogen-bond donors (Lipinski definition) is 3. The molecule has 3 aromatic rings. The van der Waals surface area contributed by atoms with E-state index in [1.165, 1.54) is 12.1 Å². The van der Waals surface area contributed by atoms with Gasteiger partial charge in [0.1, 0.15) is 23.0 Å². The van der Waals surface area contributed by atoms with Crippen LogP contribution in [0, 0.1) is 0 Å². The number of halogens is 2. The van der Waals surface area contributed by atoms with Gasteiger partial charge in [0.15, 0.2) is 0 Å². The molecule has 6 heteroatoms. The Balaban J connectivity index is 2.03. The van der Waals surface area contributed by atoms with Crippen molar-refractivity contribution in [3.05, 3.63) is 80.8 Å².